The molecule has 0 atom stereocenters. The van der Waals surface area contributed by atoms with Gasteiger partial charge in [-0.2, -0.15) is 0 Å². The molecule has 1 aromatic rings. The first-order chi connectivity index (χ1) is 9.19. The lowest BCUT2D eigenvalue weighted by atomic mass is 9.77. The zero-order chi connectivity index (χ0) is 13.7. The molecule has 0 bridgehead atoms. The van der Waals surface area contributed by atoms with Crippen molar-refractivity contribution in [3.05, 3.63) is 35.4 Å². The second kappa shape index (κ2) is 7.09. The van der Waals surface area contributed by atoms with Crippen LogP contribution in [-0.4, -0.2) is 5.24 Å². The maximum absolute atomic E-state index is 10.9. The zero-order valence-corrected chi connectivity index (χ0v) is 12.5. The molecule has 1 fully saturated rings. The number of benzene rings is 1. The Kier molecular flexibility index (Phi) is 5.45. The highest BCUT2D eigenvalue weighted by atomic mass is 35.5. The van der Waals surface area contributed by atoms with Crippen molar-refractivity contribution in [3.8, 4) is 0 Å². The van der Waals surface area contributed by atoms with Gasteiger partial charge < -0.3 is 0 Å². The second-order valence-electron chi connectivity index (χ2n) is 5.78. The van der Waals surface area contributed by atoms with Crippen molar-refractivity contribution in [3.63, 3.8) is 0 Å². The molecule has 2 heteroatoms. The van der Waals surface area contributed by atoms with Gasteiger partial charge in [-0.3, -0.25) is 4.79 Å². The predicted octanol–water partition coefficient (Wildman–Crippen LogP) is 5.07. The molecule has 0 unspecified atom stereocenters. The van der Waals surface area contributed by atoms with E-state index in [1.165, 1.54) is 44.1 Å². The largest absolute Gasteiger partial charge is 0.281 e. The van der Waals surface area contributed by atoms with Crippen LogP contribution in [0.1, 0.15) is 62.5 Å². The van der Waals surface area contributed by atoms with Gasteiger partial charge in [-0.15, -0.1) is 0 Å². The lowest BCUT2D eigenvalue weighted by Crippen LogP contribution is -2.13. The van der Waals surface area contributed by atoms with Gasteiger partial charge >= 0.3 is 0 Å². The minimum atomic E-state index is -0.284. The quantitative estimate of drug-likeness (QED) is 0.687. The second-order valence-corrected chi connectivity index (χ2v) is 6.20. The third-order valence-corrected chi connectivity index (χ3v) is 4.47. The summed E-state index contributed by atoms with van der Waals surface area (Å²) in [6.07, 6.45) is 8.43. The van der Waals surface area contributed by atoms with Crippen LogP contribution in [0.2, 0.25) is 0 Å². The Morgan fingerprint density at radius 3 is 2.32 bits per heavy atom. The van der Waals surface area contributed by atoms with E-state index in [0.29, 0.717) is 12.3 Å². The molecule has 0 N–H and O–H groups in total. The van der Waals surface area contributed by atoms with Gasteiger partial charge in [0.15, 0.2) is 0 Å². The Morgan fingerprint density at radius 2 is 1.79 bits per heavy atom. The first-order valence-corrected chi connectivity index (χ1v) is 7.84. The standard InChI is InChI=1S/C17H23ClO/c1-2-3-13-4-8-15(9-5-13)16-10-6-14(7-11-16)12-17(18)19/h6-7,10-11,13,15H,2-5,8-9,12H2,1H3/t13-,15-. The molecule has 1 aliphatic carbocycles. The van der Waals surface area contributed by atoms with E-state index in [4.69, 9.17) is 11.6 Å². The minimum absolute atomic E-state index is 0.284. The molecule has 1 saturated carbocycles. The van der Waals surface area contributed by atoms with Crippen LogP contribution in [0.15, 0.2) is 24.3 Å². The van der Waals surface area contributed by atoms with Crippen molar-refractivity contribution in [1.82, 2.24) is 0 Å². The highest BCUT2D eigenvalue weighted by Crippen LogP contribution is 2.37. The fraction of sp³-hybridized carbons (Fsp3) is 0.588. The van der Waals surface area contributed by atoms with Crippen molar-refractivity contribution in [1.29, 1.82) is 0 Å². The molecule has 0 spiro atoms. The summed E-state index contributed by atoms with van der Waals surface area (Å²) in [6, 6.07) is 8.46. The first kappa shape index (κ1) is 14.6. The third kappa shape index (κ3) is 4.35. The smallest absolute Gasteiger partial charge is 0.226 e. The Labute approximate surface area is 121 Å². The molecule has 1 nitrogen and oxygen atoms in total. The monoisotopic (exact) mass is 278 g/mol. The third-order valence-electron chi connectivity index (χ3n) is 4.34. The van der Waals surface area contributed by atoms with E-state index in [1.807, 2.05) is 12.1 Å². The molecule has 0 amide bonds. The lowest BCUT2D eigenvalue weighted by Gasteiger charge is -2.28. The maximum atomic E-state index is 10.9. The molecule has 0 aromatic heterocycles. The van der Waals surface area contributed by atoms with Crippen molar-refractivity contribution in [2.75, 3.05) is 0 Å². The fourth-order valence-electron chi connectivity index (χ4n) is 3.26. The summed E-state index contributed by atoms with van der Waals surface area (Å²) in [5.74, 6) is 1.67. The molecule has 19 heavy (non-hydrogen) atoms. The minimum Gasteiger partial charge on any atom is -0.281 e. The van der Waals surface area contributed by atoms with Crippen molar-refractivity contribution < 1.29 is 4.79 Å². The van der Waals surface area contributed by atoms with Crippen LogP contribution in [0, 0.1) is 5.92 Å². The number of carbonyl (C=O) groups excluding carboxylic acids is 1. The molecule has 0 heterocycles. The Balaban J connectivity index is 1.90. The van der Waals surface area contributed by atoms with Crippen LogP contribution < -0.4 is 0 Å². The van der Waals surface area contributed by atoms with E-state index < -0.39 is 0 Å². The first-order valence-electron chi connectivity index (χ1n) is 7.46. The van der Waals surface area contributed by atoms with Gasteiger partial charge in [-0.1, -0.05) is 44.0 Å². The molecular weight excluding hydrogens is 256 g/mol. The van der Waals surface area contributed by atoms with E-state index in [9.17, 15) is 4.79 Å². The molecule has 1 aliphatic rings. The maximum Gasteiger partial charge on any atom is 0.226 e. The van der Waals surface area contributed by atoms with Crippen LogP contribution in [0.5, 0.6) is 0 Å². The summed E-state index contributed by atoms with van der Waals surface area (Å²) in [5.41, 5.74) is 2.45. The SMILES string of the molecule is CCC[C@H]1CC[C@H](c2ccc(CC(=O)Cl)cc2)CC1. The highest BCUT2D eigenvalue weighted by molar-refractivity contribution is 6.63. The van der Waals surface area contributed by atoms with Gasteiger partial charge in [-0.25, -0.2) is 0 Å². The van der Waals surface area contributed by atoms with E-state index in [0.717, 1.165) is 11.5 Å². The molecule has 0 aliphatic heterocycles. The lowest BCUT2D eigenvalue weighted by molar-refractivity contribution is -0.111. The van der Waals surface area contributed by atoms with Gasteiger partial charge in [0.1, 0.15) is 0 Å². The van der Waals surface area contributed by atoms with Gasteiger partial charge in [0.2, 0.25) is 5.24 Å². The number of hydrogen-bond donors (Lipinski definition) is 0. The summed E-state index contributed by atoms with van der Waals surface area (Å²) < 4.78 is 0. The van der Waals surface area contributed by atoms with Gasteiger partial charge in [0.05, 0.1) is 0 Å². The van der Waals surface area contributed by atoms with E-state index in [-0.39, 0.29) is 5.24 Å². The summed E-state index contributed by atoms with van der Waals surface area (Å²) in [6.45, 7) is 2.28. The van der Waals surface area contributed by atoms with Gasteiger partial charge in [-0.05, 0) is 60.2 Å². The van der Waals surface area contributed by atoms with Crippen LogP contribution in [-0.2, 0) is 11.2 Å². The number of halogens is 1. The summed E-state index contributed by atoms with van der Waals surface area (Å²) in [4.78, 5) is 10.9. The van der Waals surface area contributed by atoms with Crippen LogP contribution >= 0.6 is 11.6 Å². The van der Waals surface area contributed by atoms with E-state index in [2.05, 4.69) is 19.1 Å². The predicted molar refractivity (Wildman–Crippen MR) is 80.6 cm³/mol. The van der Waals surface area contributed by atoms with Gasteiger partial charge in [0, 0.05) is 6.42 Å². The number of carbonyl (C=O) groups is 1. The topological polar surface area (TPSA) is 17.1 Å². The molecule has 2 rings (SSSR count). The average molecular weight is 279 g/mol. The summed E-state index contributed by atoms with van der Waals surface area (Å²) in [5, 5.41) is -0.284. The summed E-state index contributed by atoms with van der Waals surface area (Å²) in [7, 11) is 0. The number of hydrogen-bond acceptors (Lipinski definition) is 1. The molecular formula is C17H23ClO. The fourth-order valence-corrected chi connectivity index (χ4v) is 3.42. The Morgan fingerprint density at radius 1 is 1.16 bits per heavy atom. The Bertz CT molecular complexity index is 402. The molecule has 104 valence electrons. The molecule has 1 aromatic carbocycles. The molecule has 0 radical (unpaired) electrons. The van der Waals surface area contributed by atoms with Crippen LogP contribution in [0.3, 0.4) is 0 Å². The zero-order valence-electron chi connectivity index (χ0n) is 11.7. The number of rotatable bonds is 5. The van der Waals surface area contributed by atoms with Crippen molar-refractivity contribution >= 4 is 16.8 Å². The molecule has 0 saturated heterocycles. The van der Waals surface area contributed by atoms with E-state index >= 15 is 0 Å². The van der Waals surface area contributed by atoms with E-state index in [1.54, 1.807) is 0 Å². The average Bonchev–Trinajstić information content (AvgIpc) is 2.40. The van der Waals surface area contributed by atoms with Crippen molar-refractivity contribution in [2.45, 2.75) is 57.8 Å². The normalized spacial score (nSPS) is 23.3. The van der Waals surface area contributed by atoms with Crippen molar-refractivity contribution in [2.24, 2.45) is 5.92 Å². The summed E-state index contributed by atoms with van der Waals surface area (Å²) >= 11 is 5.41. The highest BCUT2D eigenvalue weighted by Gasteiger charge is 2.21. The van der Waals surface area contributed by atoms with Crippen LogP contribution in [0.25, 0.3) is 0 Å². The van der Waals surface area contributed by atoms with Crippen LogP contribution in [0.4, 0.5) is 0 Å². The Hall–Kier alpha value is -0.820. The van der Waals surface area contributed by atoms with Gasteiger partial charge in [0.25, 0.3) is 0 Å².